The molecule has 0 saturated heterocycles. The number of aryl methyl sites for hydroxylation is 2. The molecular formula is C33H64N2O2. The second-order valence-corrected chi connectivity index (χ2v) is 11.2. The zero-order chi connectivity index (χ0) is 27.4. The second kappa shape index (κ2) is 27.7. The maximum absolute atomic E-state index is 8.89. The first-order valence-electron chi connectivity index (χ1n) is 16.3. The van der Waals surface area contributed by atoms with Gasteiger partial charge in [0.15, 0.2) is 0 Å². The Hall–Kier alpha value is -1.32. The van der Waals surface area contributed by atoms with Gasteiger partial charge in [-0.2, -0.15) is 0 Å². The third kappa shape index (κ3) is 26.1. The number of hydrogen-bond acceptors (Lipinski definition) is 2. The van der Waals surface area contributed by atoms with Crippen molar-refractivity contribution in [1.29, 1.82) is 0 Å². The summed E-state index contributed by atoms with van der Waals surface area (Å²) in [6, 6.07) is 0. The Morgan fingerprint density at radius 3 is 1.59 bits per heavy atom. The molecule has 1 aromatic heterocycles. The van der Waals surface area contributed by atoms with Gasteiger partial charge in [-0.15, -0.1) is 0 Å². The van der Waals surface area contributed by atoms with Gasteiger partial charge in [-0.3, -0.25) is 0 Å². The Bertz CT molecular complexity index is 595. The van der Waals surface area contributed by atoms with E-state index in [1.54, 1.807) is 0 Å². The Morgan fingerprint density at radius 1 is 0.703 bits per heavy atom. The lowest BCUT2D eigenvalue weighted by Crippen LogP contribution is -2.30. The molecule has 0 spiro atoms. The van der Waals surface area contributed by atoms with Gasteiger partial charge in [-0.1, -0.05) is 143 Å². The van der Waals surface area contributed by atoms with Crippen molar-refractivity contribution in [2.45, 2.75) is 182 Å². The lowest BCUT2D eigenvalue weighted by molar-refractivity contribution is -0.696. The van der Waals surface area contributed by atoms with E-state index in [2.05, 4.69) is 48.6 Å². The molecule has 0 N–H and O–H groups in total. The van der Waals surface area contributed by atoms with E-state index < -0.39 is 5.97 Å². The van der Waals surface area contributed by atoms with Gasteiger partial charge in [0.1, 0.15) is 12.4 Å². The van der Waals surface area contributed by atoms with E-state index in [4.69, 9.17) is 9.90 Å². The first-order valence-corrected chi connectivity index (χ1v) is 16.3. The lowest BCUT2D eigenvalue weighted by Gasteiger charge is -2.12. The predicted octanol–water partition coefficient (Wildman–Crippen LogP) is 8.79. The van der Waals surface area contributed by atoms with Crippen LogP contribution in [0.15, 0.2) is 18.7 Å². The highest BCUT2D eigenvalue weighted by molar-refractivity contribution is 5.60. The summed E-state index contributed by atoms with van der Waals surface area (Å²) in [6.45, 7) is 10.3. The molecule has 1 heterocycles. The molecule has 1 unspecified atom stereocenters. The zero-order valence-electron chi connectivity index (χ0n) is 25.5. The number of carboxylic acid groups (broad SMARTS) is 1. The van der Waals surface area contributed by atoms with Crippen LogP contribution in [-0.2, 0) is 17.9 Å². The minimum absolute atomic E-state index is 0.910. The summed E-state index contributed by atoms with van der Waals surface area (Å²) >= 11 is 0. The Kier molecular flexibility index (Phi) is 26.7. The van der Waals surface area contributed by atoms with Crippen molar-refractivity contribution in [3.8, 4) is 0 Å². The minimum Gasteiger partial charge on any atom is -0.550 e. The monoisotopic (exact) mass is 520 g/mol. The van der Waals surface area contributed by atoms with E-state index >= 15 is 0 Å². The van der Waals surface area contributed by atoms with E-state index in [0.29, 0.717) is 0 Å². The first-order chi connectivity index (χ1) is 18.0. The molecule has 0 saturated carbocycles. The molecule has 0 radical (unpaired) electrons. The Balaban J connectivity index is 0.00000300. The van der Waals surface area contributed by atoms with E-state index in [9.17, 15) is 0 Å². The highest BCUT2D eigenvalue weighted by atomic mass is 16.4. The molecule has 1 aromatic rings. The average molecular weight is 521 g/mol. The zero-order valence-corrected chi connectivity index (χ0v) is 25.5. The third-order valence-corrected chi connectivity index (χ3v) is 7.60. The number of carbonyl (C=O) groups is 1. The predicted molar refractivity (Wildman–Crippen MR) is 157 cm³/mol. The fourth-order valence-electron chi connectivity index (χ4n) is 5.11. The average Bonchev–Trinajstić information content (AvgIpc) is 3.33. The van der Waals surface area contributed by atoms with Crippen LogP contribution in [0.1, 0.15) is 169 Å². The maximum Gasteiger partial charge on any atom is 0.243 e. The third-order valence-electron chi connectivity index (χ3n) is 7.60. The van der Waals surface area contributed by atoms with Crippen molar-refractivity contribution in [2.24, 2.45) is 5.92 Å². The number of hydrogen-bond donors (Lipinski definition) is 0. The molecule has 0 amide bonds. The fourth-order valence-corrected chi connectivity index (χ4v) is 5.11. The lowest BCUT2D eigenvalue weighted by atomic mass is 9.95. The van der Waals surface area contributed by atoms with Crippen LogP contribution in [0.2, 0.25) is 0 Å². The van der Waals surface area contributed by atoms with Crippen molar-refractivity contribution in [2.75, 3.05) is 0 Å². The van der Waals surface area contributed by atoms with Crippen LogP contribution in [0.5, 0.6) is 0 Å². The molecule has 0 aliphatic carbocycles. The summed E-state index contributed by atoms with van der Waals surface area (Å²) in [5.74, 6) is -0.173. The molecule has 1 atom stereocenters. The van der Waals surface area contributed by atoms with Crippen molar-refractivity contribution >= 4 is 5.97 Å². The standard InChI is InChI=1S/C31H61N2.C2H4O2/c1-4-7-9-10-11-12-13-14-15-16-17-18-19-20-21-23-26-32-28-29-33(30-32)27-25-31(6-3)24-22-8-5-2;1-2(3)4/h28-31H,4-27H2,1-3H3;1H3,(H,3,4)/q+1;/p-1. The van der Waals surface area contributed by atoms with Gasteiger partial charge < -0.3 is 9.90 Å². The normalized spacial score (nSPS) is 11.8. The molecule has 37 heavy (non-hydrogen) atoms. The van der Waals surface area contributed by atoms with Crippen LogP contribution in [0.25, 0.3) is 0 Å². The molecule has 1 rings (SSSR count). The molecular weight excluding hydrogens is 456 g/mol. The van der Waals surface area contributed by atoms with Crippen LogP contribution >= 0.6 is 0 Å². The number of imidazole rings is 1. The number of nitrogens with zero attached hydrogens (tertiary/aromatic N) is 2. The maximum atomic E-state index is 8.89. The SMILES string of the molecule is CC(=O)[O-].CCCCCCCCCCCCCCCCCC[n+]1ccn(CCC(CC)CCCCC)c1. The quantitative estimate of drug-likeness (QED) is 0.0955. The highest BCUT2D eigenvalue weighted by Crippen LogP contribution is 2.18. The van der Waals surface area contributed by atoms with Crippen molar-refractivity contribution in [3.05, 3.63) is 18.7 Å². The van der Waals surface area contributed by atoms with Crippen molar-refractivity contribution < 1.29 is 14.5 Å². The van der Waals surface area contributed by atoms with Crippen LogP contribution < -0.4 is 9.67 Å². The van der Waals surface area contributed by atoms with E-state index in [0.717, 1.165) is 12.8 Å². The number of carbonyl (C=O) groups excluding carboxylic acids is 1. The largest absolute Gasteiger partial charge is 0.550 e. The van der Waals surface area contributed by atoms with E-state index in [1.165, 1.54) is 154 Å². The molecule has 0 aliphatic heterocycles. The molecule has 4 nitrogen and oxygen atoms in total. The Labute approximate surface area is 231 Å². The van der Waals surface area contributed by atoms with Crippen LogP contribution in [0.3, 0.4) is 0 Å². The second-order valence-electron chi connectivity index (χ2n) is 11.2. The summed E-state index contributed by atoms with van der Waals surface area (Å²) in [4.78, 5) is 8.89. The number of unbranched alkanes of at least 4 members (excludes halogenated alkanes) is 17. The number of carboxylic acids is 1. The van der Waals surface area contributed by atoms with Gasteiger partial charge in [-0.25, -0.2) is 9.13 Å². The van der Waals surface area contributed by atoms with Crippen LogP contribution in [0, 0.1) is 5.92 Å². The molecule has 0 fully saturated rings. The molecule has 218 valence electrons. The Morgan fingerprint density at radius 2 is 1.14 bits per heavy atom. The first kappa shape index (κ1) is 35.7. The van der Waals surface area contributed by atoms with Gasteiger partial charge in [0.25, 0.3) is 0 Å². The van der Waals surface area contributed by atoms with Gasteiger partial charge >= 0.3 is 0 Å². The van der Waals surface area contributed by atoms with Gasteiger partial charge in [0.05, 0.1) is 13.1 Å². The summed E-state index contributed by atoms with van der Waals surface area (Å²) in [5.41, 5.74) is 0. The number of aromatic nitrogens is 2. The minimum atomic E-state index is -1.08. The van der Waals surface area contributed by atoms with Crippen LogP contribution in [0.4, 0.5) is 0 Å². The van der Waals surface area contributed by atoms with Gasteiger partial charge in [0, 0.05) is 5.97 Å². The fraction of sp³-hybridized carbons (Fsp3) is 0.879. The summed E-state index contributed by atoms with van der Waals surface area (Å²) in [7, 11) is 0. The van der Waals surface area contributed by atoms with Crippen LogP contribution in [-0.4, -0.2) is 10.5 Å². The summed E-state index contributed by atoms with van der Waals surface area (Å²) < 4.78 is 4.82. The van der Waals surface area contributed by atoms with E-state index in [1.807, 2.05) is 0 Å². The molecule has 0 aliphatic rings. The highest BCUT2D eigenvalue weighted by Gasteiger charge is 2.09. The van der Waals surface area contributed by atoms with Gasteiger partial charge in [0.2, 0.25) is 6.33 Å². The molecule has 0 bridgehead atoms. The van der Waals surface area contributed by atoms with E-state index in [-0.39, 0.29) is 0 Å². The van der Waals surface area contributed by atoms with Crippen molar-refractivity contribution in [1.82, 2.24) is 4.57 Å². The number of aliphatic carboxylic acids is 1. The number of rotatable bonds is 25. The topological polar surface area (TPSA) is 48.9 Å². The summed E-state index contributed by atoms with van der Waals surface area (Å²) in [5, 5.41) is 8.89. The molecule has 4 heteroatoms. The summed E-state index contributed by atoms with van der Waals surface area (Å²) in [6.07, 6.45) is 38.3. The van der Waals surface area contributed by atoms with Crippen molar-refractivity contribution in [3.63, 3.8) is 0 Å². The van der Waals surface area contributed by atoms with Gasteiger partial charge in [-0.05, 0) is 32.1 Å². The molecule has 0 aromatic carbocycles. The smallest absolute Gasteiger partial charge is 0.243 e.